The number of hydrogen-bond donors (Lipinski definition) is 0. The first kappa shape index (κ1) is 16.8. The lowest BCUT2D eigenvalue weighted by atomic mass is 10.1. The molecule has 3 heterocycles. The van der Waals surface area contributed by atoms with Crippen molar-refractivity contribution < 1.29 is 8.42 Å². The summed E-state index contributed by atoms with van der Waals surface area (Å²) in [6.45, 7) is 2.06. The van der Waals surface area contributed by atoms with E-state index in [4.69, 9.17) is 0 Å². The molecular weight excluding hydrogens is 326 g/mol. The molecule has 1 aliphatic heterocycles. The fourth-order valence-electron chi connectivity index (χ4n) is 2.66. The van der Waals surface area contributed by atoms with Gasteiger partial charge in [-0.05, 0) is 25.0 Å². The van der Waals surface area contributed by atoms with E-state index in [2.05, 4.69) is 19.9 Å². The van der Waals surface area contributed by atoms with E-state index in [0.717, 1.165) is 37.2 Å². The normalized spacial score (nSPS) is 15.2. The van der Waals surface area contributed by atoms with E-state index in [0.29, 0.717) is 11.6 Å². The van der Waals surface area contributed by atoms with Crippen molar-refractivity contribution in [3.8, 4) is 11.3 Å². The lowest BCUT2D eigenvalue weighted by Crippen LogP contribution is -2.27. The molecule has 0 spiro atoms. The highest BCUT2D eigenvalue weighted by Crippen LogP contribution is 2.24. The molecule has 7 nitrogen and oxygen atoms in total. The molecule has 128 valence electrons. The van der Waals surface area contributed by atoms with E-state index in [1.807, 2.05) is 18.2 Å². The maximum absolute atomic E-state index is 11.8. The van der Waals surface area contributed by atoms with Gasteiger partial charge in [0.25, 0.3) is 0 Å². The molecular formula is C16H21N5O2S. The van der Waals surface area contributed by atoms with Crippen LogP contribution in [0.2, 0.25) is 0 Å². The van der Waals surface area contributed by atoms with Crippen molar-refractivity contribution in [1.82, 2.24) is 19.3 Å². The van der Waals surface area contributed by atoms with Crippen LogP contribution in [-0.4, -0.2) is 54.1 Å². The van der Waals surface area contributed by atoms with Gasteiger partial charge >= 0.3 is 0 Å². The average molecular weight is 347 g/mol. The fourth-order valence-corrected chi connectivity index (χ4v) is 3.02. The lowest BCUT2D eigenvalue weighted by molar-refractivity contribution is 0.467. The van der Waals surface area contributed by atoms with Gasteiger partial charge in [0.2, 0.25) is 16.0 Å². The Morgan fingerprint density at radius 3 is 2.58 bits per heavy atom. The maximum Gasteiger partial charge on any atom is 0.225 e. The molecule has 0 unspecified atom stereocenters. The van der Waals surface area contributed by atoms with E-state index in [1.165, 1.54) is 10.6 Å². The van der Waals surface area contributed by atoms with Crippen molar-refractivity contribution in [2.45, 2.75) is 19.4 Å². The van der Waals surface area contributed by atoms with Crippen LogP contribution in [0.15, 0.2) is 30.6 Å². The van der Waals surface area contributed by atoms with Crippen molar-refractivity contribution in [3.05, 3.63) is 36.3 Å². The molecule has 1 saturated heterocycles. The van der Waals surface area contributed by atoms with Crippen molar-refractivity contribution in [1.29, 1.82) is 0 Å². The van der Waals surface area contributed by atoms with Gasteiger partial charge in [-0.25, -0.2) is 18.4 Å². The third kappa shape index (κ3) is 3.70. The molecule has 0 amide bonds. The second-order valence-corrected chi connectivity index (χ2v) is 8.05. The average Bonchev–Trinajstić information content (AvgIpc) is 3.09. The maximum atomic E-state index is 11.8. The second-order valence-electron chi connectivity index (χ2n) is 5.96. The molecule has 2 aromatic rings. The van der Waals surface area contributed by atoms with Gasteiger partial charge in [-0.2, -0.15) is 4.31 Å². The summed E-state index contributed by atoms with van der Waals surface area (Å²) in [5.41, 5.74) is 2.16. The molecule has 0 saturated carbocycles. The zero-order chi connectivity index (χ0) is 17.2. The van der Waals surface area contributed by atoms with Gasteiger partial charge < -0.3 is 4.90 Å². The van der Waals surface area contributed by atoms with Gasteiger partial charge in [0, 0.05) is 38.1 Å². The van der Waals surface area contributed by atoms with Gasteiger partial charge in [-0.3, -0.25) is 4.98 Å². The Kier molecular flexibility index (Phi) is 4.77. The first-order valence-corrected chi connectivity index (χ1v) is 9.73. The molecule has 3 rings (SSSR count). The summed E-state index contributed by atoms with van der Waals surface area (Å²) in [6, 6.07) is 5.60. The molecule has 0 bridgehead atoms. The Morgan fingerprint density at radius 2 is 1.96 bits per heavy atom. The molecule has 0 radical (unpaired) electrons. The number of pyridine rings is 1. The molecule has 8 heteroatoms. The Balaban J connectivity index is 2.01. The van der Waals surface area contributed by atoms with Crippen LogP contribution < -0.4 is 4.90 Å². The highest BCUT2D eigenvalue weighted by atomic mass is 32.2. The monoisotopic (exact) mass is 347 g/mol. The van der Waals surface area contributed by atoms with Gasteiger partial charge in [0.05, 0.1) is 24.2 Å². The summed E-state index contributed by atoms with van der Waals surface area (Å²) in [5.74, 6) is 0.657. The third-order valence-electron chi connectivity index (χ3n) is 4.12. The van der Waals surface area contributed by atoms with Crippen LogP contribution in [0, 0.1) is 0 Å². The Hall–Kier alpha value is -2.06. The fraction of sp³-hybridized carbons (Fsp3) is 0.438. The summed E-state index contributed by atoms with van der Waals surface area (Å²) >= 11 is 0. The van der Waals surface area contributed by atoms with Crippen LogP contribution >= 0.6 is 0 Å². The van der Waals surface area contributed by atoms with Crippen LogP contribution in [0.3, 0.4) is 0 Å². The molecule has 1 fully saturated rings. The Bertz CT molecular complexity index is 804. The van der Waals surface area contributed by atoms with E-state index >= 15 is 0 Å². The van der Waals surface area contributed by atoms with Crippen LogP contribution in [0.4, 0.5) is 5.95 Å². The number of nitrogens with zero attached hydrogens (tertiary/aromatic N) is 5. The summed E-state index contributed by atoms with van der Waals surface area (Å²) < 4.78 is 24.8. The van der Waals surface area contributed by atoms with E-state index < -0.39 is 10.0 Å². The summed E-state index contributed by atoms with van der Waals surface area (Å²) in [7, 11) is -1.74. The second kappa shape index (κ2) is 6.82. The first-order chi connectivity index (χ1) is 11.4. The molecule has 0 aliphatic carbocycles. The van der Waals surface area contributed by atoms with Gasteiger partial charge in [-0.15, -0.1) is 0 Å². The number of aromatic nitrogens is 3. The van der Waals surface area contributed by atoms with Gasteiger partial charge in [-0.1, -0.05) is 6.07 Å². The molecule has 0 aromatic carbocycles. The van der Waals surface area contributed by atoms with E-state index in [-0.39, 0.29) is 6.54 Å². The van der Waals surface area contributed by atoms with Crippen LogP contribution in [0.25, 0.3) is 11.3 Å². The first-order valence-electron chi connectivity index (χ1n) is 7.89. The smallest absolute Gasteiger partial charge is 0.225 e. The van der Waals surface area contributed by atoms with Crippen molar-refractivity contribution >= 4 is 16.0 Å². The summed E-state index contributed by atoms with van der Waals surface area (Å²) in [4.78, 5) is 15.6. The van der Waals surface area contributed by atoms with E-state index in [1.54, 1.807) is 19.4 Å². The number of rotatable bonds is 5. The number of sulfonamides is 1. The van der Waals surface area contributed by atoms with Crippen molar-refractivity contribution in [2.75, 3.05) is 31.3 Å². The topological polar surface area (TPSA) is 79.3 Å². The number of hydrogen-bond acceptors (Lipinski definition) is 6. The highest BCUT2D eigenvalue weighted by molar-refractivity contribution is 7.88. The molecule has 2 aromatic heterocycles. The third-order valence-corrected chi connectivity index (χ3v) is 5.38. The summed E-state index contributed by atoms with van der Waals surface area (Å²) in [6.07, 6.45) is 6.89. The molecule has 0 atom stereocenters. The zero-order valence-electron chi connectivity index (χ0n) is 13.9. The lowest BCUT2D eigenvalue weighted by Gasteiger charge is -2.19. The van der Waals surface area contributed by atoms with Crippen LogP contribution in [0.1, 0.15) is 18.5 Å². The highest BCUT2D eigenvalue weighted by Gasteiger charge is 2.20. The van der Waals surface area contributed by atoms with Gasteiger partial charge in [0.15, 0.2) is 0 Å². The van der Waals surface area contributed by atoms with Crippen LogP contribution in [0.5, 0.6) is 0 Å². The predicted octanol–water partition coefficient (Wildman–Crippen LogP) is 1.53. The Labute approximate surface area is 142 Å². The predicted molar refractivity (Wildman–Crippen MR) is 93.0 cm³/mol. The van der Waals surface area contributed by atoms with Gasteiger partial charge in [0.1, 0.15) is 0 Å². The van der Waals surface area contributed by atoms with Crippen LogP contribution in [-0.2, 0) is 16.6 Å². The minimum Gasteiger partial charge on any atom is -0.341 e. The SMILES string of the molecule is CN(Cc1nc(N2CCCC2)ncc1-c1ccccn1)S(C)(=O)=O. The summed E-state index contributed by atoms with van der Waals surface area (Å²) in [5, 5.41) is 0. The Morgan fingerprint density at radius 1 is 1.21 bits per heavy atom. The minimum atomic E-state index is -3.29. The molecule has 24 heavy (non-hydrogen) atoms. The molecule has 0 N–H and O–H groups in total. The standard InChI is InChI=1S/C16H21N5O2S/c1-20(24(2,22)23)12-15-13(14-7-3-4-8-17-14)11-18-16(19-15)21-9-5-6-10-21/h3-4,7-8,11H,5-6,9-10,12H2,1-2H3. The number of anilines is 1. The largest absolute Gasteiger partial charge is 0.341 e. The van der Waals surface area contributed by atoms with Crippen molar-refractivity contribution in [2.24, 2.45) is 0 Å². The minimum absolute atomic E-state index is 0.189. The molecule has 1 aliphatic rings. The van der Waals surface area contributed by atoms with E-state index in [9.17, 15) is 8.42 Å². The zero-order valence-corrected chi connectivity index (χ0v) is 14.7. The quantitative estimate of drug-likeness (QED) is 0.816. The van der Waals surface area contributed by atoms with Crippen molar-refractivity contribution in [3.63, 3.8) is 0 Å².